The number of carbonyl (C=O) groups excluding carboxylic acids is 1. The molecule has 1 amide bonds. The number of alkyl halides is 3. The number of morpholine rings is 1. The van der Waals surface area contributed by atoms with Gasteiger partial charge in [0.25, 0.3) is 0 Å². The molecular weight excluding hydrogens is 409 g/mol. The zero-order valence-corrected chi connectivity index (χ0v) is 17.5. The average molecular weight is 436 g/mol. The number of amides is 1. The van der Waals surface area contributed by atoms with Crippen molar-refractivity contribution in [2.75, 3.05) is 49.6 Å². The summed E-state index contributed by atoms with van der Waals surface area (Å²) in [7, 11) is 1.98. The lowest BCUT2D eigenvalue weighted by molar-refractivity contribution is -0.137. The van der Waals surface area contributed by atoms with Crippen molar-refractivity contribution < 1.29 is 22.7 Å². The maximum Gasteiger partial charge on any atom is 0.416 e. The standard InChI is InChI=1S/C22H27F3N4O2/c1-27-8-2-4-19(27)20-5-3-9-29(20)15-21(30)26-17-14-16(22(23,24)25)6-7-18(17)28-10-12-31-13-11-28/h2,4,6-8,14,20H,3,5,9-13,15H2,1H3,(H,26,30)/t20-/m1/s1. The minimum Gasteiger partial charge on any atom is -0.378 e. The second-order valence-electron chi connectivity index (χ2n) is 8.05. The molecule has 2 aromatic rings. The zero-order valence-electron chi connectivity index (χ0n) is 17.5. The van der Waals surface area contributed by atoms with Crippen LogP contribution in [0.25, 0.3) is 0 Å². The highest BCUT2D eigenvalue weighted by Gasteiger charge is 2.33. The van der Waals surface area contributed by atoms with Crippen LogP contribution in [-0.2, 0) is 22.8 Å². The predicted molar refractivity (Wildman–Crippen MR) is 112 cm³/mol. The van der Waals surface area contributed by atoms with E-state index >= 15 is 0 Å². The van der Waals surface area contributed by atoms with Crippen molar-refractivity contribution in [2.45, 2.75) is 25.1 Å². The minimum absolute atomic E-state index is 0.131. The normalized spacial score (nSPS) is 20.3. The van der Waals surface area contributed by atoms with Crippen LogP contribution in [0, 0.1) is 0 Å². The third kappa shape index (κ3) is 4.88. The Morgan fingerprint density at radius 1 is 1.19 bits per heavy atom. The molecule has 0 unspecified atom stereocenters. The van der Waals surface area contributed by atoms with E-state index in [4.69, 9.17) is 4.74 Å². The van der Waals surface area contributed by atoms with E-state index in [-0.39, 0.29) is 24.2 Å². The summed E-state index contributed by atoms with van der Waals surface area (Å²) in [6.45, 7) is 3.05. The van der Waals surface area contributed by atoms with Gasteiger partial charge in [-0.2, -0.15) is 13.2 Å². The molecule has 0 radical (unpaired) electrons. The predicted octanol–water partition coefficient (Wildman–Crippen LogP) is 3.66. The number of ether oxygens (including phenoxy) is 1. The van der Waals surface area contributed by atoms with E-state index in [1.54, 1.807) is 0 Å². The minimum atomic E-state index is -4.48. The van der Waals surface area contributed by atoms with E-state index in [0.717, 1.165) is 37.2 Å². The Kier molecular flexibility index (Phi) is 6.24. The fourth-order valence-electron chi connectivity index (χ4n) is 4.44. The Morgan fingerprint density at radius 2 is 1.97 bits per heavy atom. The van der Waals surface area contributed by atoms with Crippen LogP contribution in [-0.4, -0.2) is 54.8 Å². The number of anilines is 2. The number of hydrogen-bond acceptors (Lipinski definition) is 4. The first-order valence-electron chi connectivity index (χ1n) is 10.5. The number of nitrogens with zero attached hydrogens (tertiary/aromatic N) is 3. The summed E-state index contributed by atoms with van der Waals surface area (Å²) in [5.74, 6) is -0.310. The van der Waals surface area contributed by atoms with Gasteiger partial charge in [0.1, 0.15) is 0 Å². The highest BCUT2D eigenvalue weighted by Crippen LogP contribution is 2.36. The third-order valence-electron chi connectivity index (χ3n) is 5.99. The molecule has 2 saturated heterocycles. The Morgan fingerprint density at radius 3 is 2.65 bits per heavy atom. The lowest BCUT2D eigenvalue weighted by Gasteiger charge is -2.31. The van der Waals surface area contributed by atoms with Gasteiger partial charge in [-0.15, -0.1) is 0 Å². The van der Waals surface area contributed by atoms with Crippen molar-refractivity contribution in [3.63, 3.8) is 0 Å². The summed E-state index contributed by atoms with van der Waals surface area (Å²) in [5.41, 5.74) is 1.14. The van der Waals surface area contributed by atoms with E-state index in [0.29, 0.717) is 32.0 Å². The molecule has 1 aromatic carbocycles. The van der Waals surface area contributed by atoms with Crippen molar-refractivity contribution in [2.24, 2.45) is 7.05 Å². The number of aromatic nitrogens is 1. The van der Waals surface area contributed by atoms with E-state index in [9.17, 15) is 18.0 Å². The molecule has 1 N–H and O–H groups in total. The van der Waals surface area contributed by atoms with E-state index in [1.165, 1.54) is 6.07 Å². The number of carbonyl (C=O) groups is 1. The molecule has 0 aliphatic carbocycles. The van der Waals surface area contributed by atoms with Crippen LogP contribution in [0.1, 0.15) is 30.1 Å². The van der Waals surface area contributed by atoms with Gasteiger partial charge >= 0.3 is 6.18 Å². The number of hydrogen-bond donors (Lipinski definition) is 1. The lowest BCUT2D eigenvalue weighted by atomic mass is 10.1. The number of halogens is 3. The van der Waals surface area contributed by atoms with Gasteiger partial charge in [-0.1, -0.05) is 0 Å². The maximum atomic E-state index is 13.3. The molecule has 6 nitrogen and oxygen atoms in total. The molecule has 0 bridgehead atoms. The molecule has 2 aliphatic rings. The Hall–Kier alpha value is -2.52. The van der Waals surface area contributed by atoms with E-state index in [2.05, 4.69) is 10.2 Å². The first-order chi connectivity index (χ1) is 14.8. The Labute approximate surface area is 179 Å². The summed E-state index contributed by atoms with van der Waals surface area (Å²) >= 11 is 0. The van der Waals surface area contributed by atoms with Gasteiger partial charge in [0.15, 0.2) is 0 Å². The van der Waals surface area contributed by atoms with Gasteiger partial charge in [-0.3, -0.25) is 9.69 Å². The summed E-state index contributed by atoms with van der Waals surface area (Å²) in [5, 5.41) is 2.76. The van der Waals surface area contributed by atoms with Crippen molar-refractivity contribution in [1.29, 1.82) is 0 Å². The van der Waals surface area contributed by atoms with E-state index < -0.39 is 11.7 Å². The smallest absolute Gasteiger partial charge is 0.378 e. The van der Waals surface area contributed by atoms with Crippen LogP contribution in [0.4, 0.5) is 24.5 Å². The fourth-order valence-corrected chi connectivity index (χ4v) is 4.44. The molecule has 9 heteroatoms. The quantitative estimate of drug-likeness (QED) is 0.778. The van der Waals surface area contributed by atoms with Crippen molar-refractivity contribution in [3.8, 4) is 0 Å². The molecule has 2 aliphatic heterocycles. The largest absolute Gasteiger partial charge is 0.416 e. The monoisotopic (exact) mass is 436 g/mol. The second-order valence-corrected chi connectivity index (χ2v) is 8.05. The van der Waals surface area contributed by atoms with Gasteiger partial charge in [-0.05, 0) is 49.7 Å². The first kappa shape index (κ1) is 21.7. The van der Waals surface area contributed by atoms with Crippen LogP contribution in [0.3, 0.4) is 0 Å². The molecule has 168 valence electrons. The highest BCUT2D eigenvalue weighted by molar-refractivity contribution is 5.96. The third-order valence-corrected chi connectivity index (χ3v) is 5.99. The molecule has 2 fully saturated rings. The molecule has 0 spiro atoms. The van der Waals surface area contributed by atoms with Crippen molar-refractivity contribution in [1.82, 2.24) is 9.47 Å². The molecule has 1 atom stereocenters. The number of aryl methyl sites for hydroxylation is 1. The molecule has 4 rings (SSSR count). The van der Waals surface area contributed by atoms with Crippen LogP contribution in [0.2, 0.25) is 0 Å². The SMILES string of the molecule is Cn1cccc1[C@H]1CCCN1CC(=O)Nc1cc(C(F)(F)F)ccc1N1CCOCC1. The van der Waals surface area contributed by atoms with E-state index in [1.807, 2.05) is 34.8 Å². The van der Waals surface area contributed by atoms with Gasteiger partial charge in [0, 0.05) is 32.0 Å². The van der Waals surface area contributed by atoms with Gasteiger partial charge in [0.05, 0.1) is 42.7 Å². The average Bonchev–Trinajstić information content (AvgIpc) is 3.36. The molecular formula is C22H27F3N4O2. The van der Waals surface area contributed by atoms with Gasteiger partial charge < -0.3 is 19.5 Å². The highest BCUT2D eigenvalue weighted by atomic mass is 19.4. The van der Waals surface area contributed by atoms with Crippen LogP contribution in [0.5, 0.6) is 0 Å². The van der Waals surface area contributed by atoms with Crippen molar-refractivity contribution >= 4 is 17.3 Å². The maximum absolute atomic E-state index is 13.3. The van der Waals surface area contributed by atoms with Crippen LogP contribution < -0.4 is 10.2 Å². The fraction of sp³-hybridized carbons (Fsp3) is 0.500. The second kappa shape index (κ2) is 8.92. The van der Waals surface area contributed by atoms with Gasteiger partial charge in [0.2, 0.25) is 5.91 Å². The first-order valence-corrected chi connectivity index (χ1v) is 10.5. The Bertz CT molecular complexity index is 922. The number of nitrogens with one attached hydrogen (secondary N) is 1. The number of benzene rings is 1. The molecule has 0 saturated carbocycles. The lowest BCUT2D eigenvalue weighted by Crippen LogP contribution is -2.37. The van der Waals surface area contributed by atoms with Crippen LogP contribution >= 0.6 is 0 Å². The summed E-state index contributed by atoms with van der Waals surface area (Å²) in [4.78, 5) is 16.9. The van der Waals surface area contributed by atoms with Crippen LogP contribution in [0.15, 0.2) is 36.5 Å². The Balaban J connectivity index is 1.52. The molecule has 31 heavy (non-hydrogen) atoms. The summed E-state index contributed by atoms with van der Waals surface area (Å²) < 4.78 is 47.3. The van der Waals surface area contributed by atoms with Crippen molar-refractivity contribution in [3.05, 3.63) is 47.8 Å². The topological polar surface area (TPSA) is 49.7 Å². The summed E-state index contributed by atoms with van der Waals surface area (Å²) in [6, 6.07) is 7.68. The summed E-state index contributed by atoms with van der Waals surface area (Å²) in [6.07, 6.45) is -0.571. The molecule has 1 aromatic heterocycles. The van der Waals surface area contributed by atoms with Gasteiger partial charge in [-0.25, -0.2) is 0 Å². The number of rotatable bonds is 5. The zero-order chi connectivity index (χ0) is 22.0. The number of likely N-dealkylation sites (tertiary alicyclic amines) is 1. The molecule has 3 heterocycles.